The Morgan fingerprint density at radius 2 is 2.18 bits per heavy atom. The lowest BCUT2D eigenvalue weighted by atomic mass is 9.61. The van der Waals surface area contributed by atoms with Gasteiger partial charge in [0.2, 0.25) is 0 Å². The molecule has 3 heteroatoms. The Hall–Kier alpha value is -1.20. The van der Waals surface area contributed by atoms with Crippen LogP contribution in [0.1, 0.15) is 32.8 Å². The van der Waals surface area contributed by atoms with Crippen molar-refractivity contribution in [1.82, 2.24) is 0 Å². The molecule has 0 N–H and O–H groups in total. The molecular weight excluding hydrogens is 234 g/mol. The van der Waals surface area contributed by atoms with Crippen LogP contribution in [0.4, 0.5) is 0 Å². The van der Waals surface area contributed by atoms with Gasteiger partial charge in [0, 0.05) is 11.5 Å². The minimum Gasteiger partial charge on any atom is -0.490 e. The zero-order valence-electron chi connectivity index (χ0n) is 10.3. The molecule has 0 aromatic heterocycles. The zero-order valence-corrected chi connectivity index (χ0v) is 11.1. The summed E-state index contributed by atoms with van der Waals surface area (Å²) in [5.41, 5.74) is 0.695. The van der Waals surface area contributed by atoms with Crippen molar-refractivity contribution in [2.45, 2.75) is 33.3 Å². The zero-order chi connectivity index (χ0) is 12.6. The molecule has 90 valence electrons. The van der Waals surface area contributed by atoms with Crippen LogP contribution >= 0.6 is 11.6 Å². The maximum absolute atomic E-state index is 8.79. The van der Waals surface area contributed by atoms with E-state index in [4.69, 9.17) is 21.6 Å². The van der Waals surface area contributed by atoms with Gasteiger partial charge in [-0.2, -0.15) is 5.26 Å². The second-order valence-corrected chi connectivity index (χ2v) is 5.73. The fourth-order valence-corrected chi connectivity index (χ4v) is 2.32. The highest BCUT2D eigenvalue weighted by molar-refractivity contribution is 6.31. The summed E-state index contributed by atoms with van der Waals surface area (Å²) in [6.45, 7) is 6.68. The molecule has 0 amide bonds. The molecule has 0 radical (unpaired) electrons. The normalized spacial score (nSPS) is 25.8. The fraction of sp³-hybridized carbons (Fsp3) is 0.500. The van der Waals surface area contributed by atoms with E-state index in [1.165, 1.54) is 0 Å². The van der Waals surface area contributed by atoms with Crippen LogP contribution in [-0.2, 0) is 0 Å². The van der Waals surface area contributed by atoms with Gasteiger partial charge in [-0.15, -0.1) is 0 Å². The van der Waals surface area contributed by atoms with Crippen molar-refractivity contribution in [2.75, 3.05) is 0 Å². The molecule has 0 spiro atoms. The predicted molar refractivity (Wildman–Crippen MR) is 68.1 cm³/mol. The first-order valence-corrected chi connectivity index (χ1v) is 6.19. The quantitative estimate of drug-likeness (QED) is 0.793. The van der Waals surface area contributed by atoms with Crippen molar-refractivity contribution >= 4 is 11.6 Å². The van der Waals surface area contributed by atoms with Gasteiger partial charge < -0.3 is 4.74 Å². The Morgan fingerprint density at radius 1 is 1.47 bits per heavy atom. The Kier molecular flexibility index (Phi) is 3.05. The smallest absolute Gasteiger partial charge is 0.121 e. The van der Waals surface area contributed by atoms with E-state index < -0.39 is 0 Å². The Bertz CT molecular complexity index is 476. The standard InChI is InChI=1S/C14H16ClNO/c1-9-6-13(14(9,2)3)17-11-5-4-10(8-16)12(15)7-11/h4-5,7,9,13H,6H2,1-3H3/t9-,13+/m0/s1. The minimum atomic E-state index is 0.209. The molecule has 0 unspecified atom stereocenters. The average molecular weight is 250 g/mol. The summed E-state index contributed by atoms with van der Waals surface area (Å²) in [5.74, 6) is 1.43. The fourth-order valence-electron chi connectivity index (χ4n) is 2.11. The molecule has 0 heterocycles. The maximum Gasteiger partial charge on any atom is 0.121 e. The van der Waals surface area contributed by atoms with E-state index in [2.05, 4.69) is 20.8 Å². The lowest BCUT2D eigenvalue weighted by Crippen LogP contribution is -2.51. The molecule has 0 saturated heterocycles. The number of hydrogen-bond donors (Lipinski definition) is 0. The van der Waals surface area contributed by atoms with Gasteiger partial charge in [-0.1, -0.05) is 32.4 Å². The molecule has 2 rings (SSSR count). The summed E-state index contributed by atoms with van der Waals surface area (Å²) in [6, 6.07) is 7.27. The highest BCUT2D eigenvalue weighted by Crippen LogP contribution is 2.47. The van der Waals surface area contributed by atoms with Crippen LogP contribution in [0.5, 0.6) is 5.75 Å². The molecule has 17 heavy (non-hydrogen) atoms. The molecule has 1 fully saturated rings. The van der Waals surface area contributed by atoms with Gasteiger partial charge in [0.1, 0.15) is 17.9 Å². The van der Waals surface area contributed by atoms with Crippen molar-refractivity contribution in [1.29, 1.82) is 5.26 Å². The second kappa shape index (κ2) is 4.23. The van der Waals surface area contributed by atoms with Gasteiger partial charge >= 0.3 is 0 Å². The van der Waals surface area contributed by atoms with E-state index in [-0.39, 0.29) is 11.5 Å². The Morgan fingerprint density at radius 3 is 2.65 bits per heavy atom. The van der Waals surface area contributed by atoms with Crippen molar-refractivity contribution in [3.05, 3.63) is 28.8 Å². The van der Waals surface area contributed by atoms with Crippen LogP contribution in [0.3, 0.4) is 0 Å². The van der Waals surface area contributed by atoms with Crippen LogP contribution in [0, 0.1) is 22.7 Å². The summed E-state index contributed by atoms with van der Waals surface area (Å²) >= 11 is 5.97. The Labute approximate surface area is 107 Å². The highest BCUT2D eigenvalue weighted by atomic mass is 35.5. The number of nitrogens with zero attached hydrogens (tertiary/aromatic N) is 1. The average Bonchev–Trinajstić information content (AvgIpc) is 2.29. The molecule has 2 nitrogen and oxygen atoms in total. The molecule has 2 atom stereocenters. The third-order valence-electron chi connectivity index (χ3n) is 4.01. The number of ether oxygens (including phenoxy) is 1. The first kappa shape index (κ1) is 12.3. The topological polar surface area (TPSA) is 33.0 Å². The van der Waals surface area contributed by atoms with Gasteiger partial charge in [-0.25, -0.2) is 0 Å². The lowest BCUT2D eigenvalue weighted by Gasteiger charge is -2.50. The summed E-state index contributed by atoms with van der Waals surface area (Å²) in [4.78, 5) is 0. The summed E-state index contributed by atoms with van der Waals surface area (Å²) in [7, 11) is 0. The van der Waals surface area contributed by atoms with Gasteiger partial charge in [-0.3, -0.25) is 0 Å². The van der Waals surface area contributed by atoms with E-state index in [1.54, 1.807) is 12.1 Å². The van der Waals surface area contributed by atoms with E-state index in [0.29, 0.717) is 16.5 Å². The molecular formula is C14H16ClNO. The summed E-state index contributed by atoms with van der Waals surface area (Å²) in [6.07, 6.45) is 1.31. The second-order valence-electron chi connectivity index (χ2n) is 5.32. The third kappa shape index (κ3) is 2.12. The molecule has 1 aliphatic carbocycles. The molecule has 0 aliphatic heterocycles. The van der Waals surface area contributed by atoms with Crippen molar-refractivity contribution in [3.63, 3.8) is 0 Å². The van der Waals surface area contributed by atoms with Crippen LogP contribution in [0.15, 0.2) is 18.2 Å². The highest BCUT2D eigenvalue weighted by Gasteiger charge is 2.47. The van der Waals surface area contributed by atoms with Crippen molar-refractivity contribution < 1.29 is 4.74 Å². The van der Waals surface area contributed by atoms with Crippen LogP contribution < -0.4 is 4.74 Å². The monoisotopic (exact) mass is 249 g/mol. The van der Waals surface area contributed by atoms with Gasteiger partial charge in [0.15, 0.2) is 0 Å². The third-order valence-corrected chi connectivity index (χ3v) is 4.32. The lowest BCUT2D eigenvalue weighted by molar-refractivity contribution is -0.0725. The maximum atomic E-state index is 8.79. The van der Waals surface area contributed by atoms with Crippen LogP contribution in [-0.4, -0.2) is 6.10 Å². The van der Waals surface area contributed by atoms with Gasteiger partial charge in [-0.05, 0) is 24.5 Å². The molecule has 0 bridgehead atoms. The summed E-state index contributed by atoms with van der Waals surface area (Å²) < 4.78 is 5.92. The number of rotatable bonds is 2. The van der Waals surface area contributed by atoms with Gasteiger partial charge in [0.25, 0.3) is 0 Å². The number of nitriles is 1. The minimum absolute atomic E-state index is 0.209. The first-order chi connectivity index (χ1) is 7.95. The largest absolute Gasteiger partial charge is 0.490 e. The van der Waals surface area contributed by atoms with Crippen LogP contribution in [0.25, 0.3) is 0 Å². The molecule has 1 saturated carbocycles. The van der Waals surface area contributed by atoms with Crippen LogP contribution in [0.2, 0.25) is 5.02 Å². The van der Waals surface area contributed by atoms with E-state index >= 15 is 0 Å². The van der Waals surface area contributed by atoms with E-state index in [1.807, 2.05) is 12.1 Å². The molecule has 1 aromatic rings. The van der Waals surface area contributed by atoms with Crippen molar-refractivity contribution in [2.24, 2.45) is 11.3 Å². The number of hydrogen-bond acceptors (Lipinski definition) is 2. The SMILES string of the molecule is C[C@H]1C[C@@H](Oc2ccc(C#N)c(Cl)c2)C1(C)C. The predicted octanol–water partition coefficient (Wildman–Crippen LogP) is 4.03. The van der Waals surface area contributed by atoms with E-state index in [9.17, 15) is 0 Å². The number of halogens is 1. The van der Waals surface area contributed by atoms with E-state index in [0.717, 1.165) is 12.2 Å². The number of benzene rings is 1. The Balaban J connectivity index is 2.11. The molecule has 1 aromatic carbocycles. The summed E-state index contributed by atoms with van der Waals surface area (Å²) in [5, 5.41) is 9.24. The first-order valence-electron chi connectivity index (χ1n) is 5.81. The van der Waals surface area contributed by atoms with Gasteiger partial charge in [0.05, 0.1) is 10.6 Å². The van der Waals surface area contributed by atoms with Crippen molar-refractivity contribution in [3.8, 4) is 11.8 Å². The molecule has 1 aliphatic rings.